The Bertz CT molecular complexity index is 860. The van der Waals surface area contributed by atoms with Crippen molar-refractivity contribution in [3.63, 3.8) is 0 Å². The fourth-order valence-electron chi connectivity index (χ4n) is 3.96. The molecule has 0 unspecified atom stereocenters. The van der Waals surface area contributed by atoms with Crippen molar-refractivity contribution in [3.8, 4) is 17.0 Å². The van der Waals surface area contributed by atoms with Crippen LogP contribution in [0.1, 0.15) is 44.5 Å². The van der Waals surface area contributed by atoms with Crippen LogP contribution in [0.4, 0.5) is 4.39 Å². The van der Waals surface area contributed by atoms with Crippen molar-refractivity contribution in [1.29, 1.82) is 0 Å². The highest BCUT2D eigenvalue weighted by molar-refractivity contribution is 5.87. The lowest BCUT2D eigenvalue weighted by atomic mass is 9.88. The molecule has 2 aliphatic rings. The van der Waals surface area contributed by atoms with Crippen molar-refractivity contribution in [3.05, 3.63) is 42.1 Å². The fraction of sp³-hybridized carbons (Fsp3) is 0.450. The Labute approximate surface area is 157 Å². The number of ether oxygens (including phenoxy) is 1. The Hall–Kier alpha value is -2.54. The highest BCUT2D eigenvalue weighted by Crippen LogP contribution is 2.36. The molecule has 27 heavy (non-hydrogen) atoms. The van der Waals surface area contributed by atoms with Gasteiger partial charge in [0.2, 0.25) is 5.91 Å². The number of amides is 1. The lowest BCUT2D eigenvalue weighted by Gasteiger charge is -2.33. The Balaban J connectivity index is 1.60. The average Bonchev–Trinajstić information content (AvgIpc) is 3.11. The molecule has 142 valence electrons. The molecule has 1 aromatic carbocycles. The number of carbonyl (C=O) groups excluding carboxylic acids is 1. The van der Waals surface area contributed by atoms with Crippen LogP contribution in [0, 0.1) is 5.82 Å². The van der Waals surface area contributed by atoms with Crippen molar-refractivity contribution in [2.75, 3.05) is 13.2 Å². The second-order valence-electron chi connectivity index (χ2n) is 7.05. The monoisotopic (exact) mass is 370 g/mol. The predicted octanol–water partition coefficient (Wildman–Crippen LogP) is 2.75. The summed E-state index contributed by atoms with van der Waals surface area (Å²) in [6.45, 7) is 3.12. The molecular weight excluding hydrogens is 347 g/mol. The zero-order chi connectivity index (χ0) is 18.9. The van der Waals surface area contributed by atoms with E-state index in [9.17, 15) is 9.18 Å². The number of benzene rings is 1. The third kappa shape index (κ3) is 3.39. The number of hydrogen-bond donors (Lipinski definition) is 2. The first-order valence-electron chi connectivity index (χ1n) is 9.43. The van der Waals surface area contributed by atoms with Crippen LogP contribution in [-0.4, -0.2) is 34.6 Å². The Kier molecular flexibility index (Phi) is 4.78. The summed E-state index contributed by atoms with van der Waals surface area (Å²) in [6, 6.07) is 6.22. The molecule has 1 amide bonds. The minimum Gasteiger partial charge on any atom is -0.494 e. The molecule has 2 aliphatic heterocycles. The minimum atomic E-state index is -0.525. The third-order valence-corrected chi connectivity index (χ3v) is 5.32. The van der Waals surface area contributed by atoms with E-state index in [0.717, 1.165) is 32.2 Å². The summed E-state index contributed by atoms with van der Waals surface area (Å²) in [5, 5.41) is 6.39. The molecule has 0 saturated carbocycles. The molecule has 3 heterocycles. The van der Waals surface area contributed by atoms with Crippen molar-refractivity contribution in [1.82, 2.24) is 20.6 Å². The van der Waals surface area contributed by atoms with Crippen molar-refractivity contribution in [2.45, 2.75) is 44.2 Å². The Morgan fingerprint density at radius 2 is 2.22 bits per heavy atom. The molecule has 1 aromatic heterocycles. The zero-order valence-electron chi connectivity index (χ0n) is 15.3. The molecule has 0 bridgehead atoms. The van der Waals surface area contributed by atoms with Gasteiger partial charge in [0, 0.05) is 18.3 Å². The number of carbonyl (C=O) groups is 1. The lowest BCUT2D eigenvalue weighted by Crippen LogP contribution is -2.57. The van der Waals surface area contributed by atoms with Gasteiger partial charge in [0.25, 0.3) is 0 Å². The van der Waals surface area contributed by atoms with Crippen LogP contribution in [0.5, 0.6) is 5.75 Å². The van der Waals surface area contributed by atoms with Crippen LogP contribution in [0.3, 0.4) is 0 Å². The highest BCUT2D eigenvalue weighted by Gasteiger charge is 2.46. The molecule has 7 heteroatoms. The van der Waals surface area contributed by atoms with E-state index in [0.29, 0.717) is 29.4 Å². The SMILES string of the molecule is CCOc1ccc(F)c(-c2ccnc([C@H]3CC[C@@]4(CCCNC4=O)N3)n2)c1. The lowest BCUT2D eigenvalue weighted by molar-refractivity contribution is -0.129. The van der Waals surface area contributed by atoms with Gasteiger partial charge in [-0.2, -0.15) is 0 Å². The van der Waals surface area contributed by atoms with Gasteiger partial charge < -0.3 is 10.1 Å². The third-order valence-electron chi connectivity index (χ3n) is 5.32. The van der Waals surface area contributed by atoms with Gasteiger partial charge in [0.15, 0.2) is 0 Å². The van der Waals surface area contributed by atoms with Crippen molar-refractivity contribution >= 4 is 5.91 Å². The molecular formula is C20H23FN4O2. The van der Waals surface area contributed by atoms with Gasteiger partial charge in [-0.3, -0.25) is 10.1 Å². The number of nitrogens with one attached hydrogen (secondary N) is 2. The summed E-state index contributed by atoms with van der Waals surface area (Å²) in [7, 11) is 0. The van der Waals surface area contributed by atoms with E-state index in [1.165, 1.54) is 6.07 Å². The predicted molar refractivity (Wildman–Crippen MR) is 98.7 cm³/mol. The van der Waals surface area contributed by atoms with Gasteiger partial charge in [-0.1, -0.05) is 0 Å². The maximum Gasteiger partial charge on any atom is 0.240 e. The van der Waals surface area contributed by atoms with Crippen LogP contribution in [-0.2, 0) is 4.79 Å². The number of hydrogen-bond acceptors (Lipinski definition) is 5. The normalized spacial score (nSPS) is 24.8. The Morgan fingerprint density at radius 1 is 1.33 bits per heavy atom. The summed E-state index contributed by atoms with van der Waals surface area (Å²) in [5.41, 5.74) is 0.366. The largest absolute Gasteiger partial charge is 0.494 e. The average molecular weight is 370 g/mol. The van der Waals surface area contributed by atoms with Crippen LogP contribution < -0.4 is 15.4 Å². The summed E-state index contributed by atoms with van der Waals surface area (Å²) in [5.74, 6) is 0.892. The van der Waals surface area contributed by atoms with Gasteiger partial charge in [-0.05, 0) is 56.9 Å². The number of rotatable bonds is 4. The molecule has 6 nitrogen and oxygen atoms in total. The molecule has 1 spiro atoms. The van der Waals surface area contributed by atoms with E-state index in [4.69, 9.17) is 4.74 Å². The van der Waals surface area contributed by atoms with Gasteiger partial charge >= 0.3 is 0 Å². The van der Waals surface area contributed by atoms with E-state index >= 15 is 0 Å². The molecule has 2 aromatic rings. The van der Waals surface area contributed by atoms with Gasteiger partial charge in [-0.15, -0.1) is 0 Å². The summed E-state index contributed by atoms with van der Waals surface area (Å²) in [4.78, 5) is 21.3. The van der Waals surface area contributed by atoms with Crippen molar-refractivity contribution in [2.24, 2.45) is 0 Å². The van der Waals surface area contributed by atoms with Crippen LogP contribution >= 0.6 is 0 Å². The second-order valence-corrected chi connectivity index (χ2v) is 7.05. The fourth-order valence-corrected chi connectivity index (χ4v) is 3.96. The van der Waals surface area contributed by atoms with E-state index in [-0.39, 0.29) is 17.8 Å². The molecule has 0 radical (unpaired) electrons. The Morgan fingerprint density at radius 3 is 3.04 bits per heavy atom. The van der Waals surface area contributed by atoms with E-state index in [1.54, 1.807) is 24.4 Å². The first kappa shape index (κ1) is 17.9. The van der Waals surface area contributed by atoms with Crippen LogP contribution in [0.25, 0.3) is 11.3 Å². The van der Waals surface area contributed by atoms with E-state index in [2.05, 4.69) is 20.6 Å². The number of halogens is 1. The van der Waals surface area contributed by atoms with Gasteiger partial charge in [0.1, 0.15) is 17.4 Å². The highest BCUT2D eigenvalue weighted by atomic mass is 19.1. The second kappa shape index (κ2) is 7.23. The van der Waals surface area contributed by atoms with Gasteiger partial charge in [-0.25, -0.2) is 14.4 Å². The van der Waals surface area contributed by atoms with E-state index in [1.807, 2.05) is 6.92 Å². The summed E-state index contributed by atoms with van der Waals surface area (Å²) >= 11 is 0. The quantitative estimate of drug-likeness (QED) is 0.866. The zero-order valence-corrected chi connectivity index (χ0v) is 15.3. The maximum atomic E-state index is 14.4. The summed E-state index contributed by atoms with van der Waals surface area (Å²) in [6.07, 6.45) is 4.95. The first-order valence-corrected chi connectivity index (χ1v) is 9.43. The first-order chi connectivity index (χ1) is 13.1. The van der Waals surface area contributed by atoms with E-state index < -0.39 is 5.54 Å². The molecule has 4 rings (SSSR count). The minimum absolute atomic E-state index is 0.0582. The van der Waals surface area contributed by atoms with Gasteiger partial charge in [0.05, 0.1) is 23.9 Å². The van der Waals surface area contributed by atoms with Crippen LogP contribution in [0.2, 0.25) is 0 Å². The number of nitrogens with zero attached hydrogens (tertiary/aromatic N) is 2. The van der Waals surface area contributed by atoms with Crippen LogP contribution in [0.15, 0.2) is 30.5 Å². The smallest absolute Gasteiger partial charge is 0.240 e. The maximum absolute atomic E-state index is 14.4. The summed E-state index contributed by atoms with van der Waals surface area (Å²) < 4.78 is 19.8. The molecule has 2 atom stereocenters. The van der Waals surface area contributed by atoms with Crippen molar-refractivity contribution < 1.29 is 13.9 Å². The topological polar surface area (TPSA) is 76.1 Å². The number of piperidine rings is 1. The molecule has 2 saturated heterocycles. The molecule has 2 fully saturated rings. The molecule has 2 N–H and O–H groups in total. The molecule has 0 aliphatic carbocycles. The number of aromatic nitrogens is 2. The standard InChI is InChI=1S/C20H23FN4O2/c1-2-27-13-4-5-15(21)14(12-13)16-7-11-22-18(24-16)17-6-9-20(25-17)8-3-10-23-19(20)26/h4-5,7,11-12,17,25H,2-3,6,8-10H2,1H3,(H,23,26)/t17-,20-/m1/s1.